The van der Waals surface area contributed by atoms with Gasteiger partial charge in [0.2, 0.25) is 5.91 Å². The van der Waals surface area contributed by atoms with Crippen LogP contribution in [-0.2, 0) is 4.79 Å². The third-order valence-electron chi connectivity index (χ3n) is 5.61. The van der Waals surface area contributed by atoms with Crippen LogP contribution in [0.3, 0.4) is 0 Å². The van der Waals surface area contributed by atoms with Crippen LogP contribution in [0.15, 0.2) is 65.1 Å². The van der Waals surface area contributed by atoms with Crippen molar-refractivity contribution < 1.29 is 9.59 Å². The van der Waals surface area contributed by atoms with Crippen molar-refractivity contribution in [2.75, 3.05) is 30.7 Å². The van der Waals surface area contributed by atoms with Crippen molar-refractivity contribution in [1.82, 2.24) is 9.80 Å². The molecular weight excluding hydrogens is 462 g/mol. The molecule has 2 aliphatic rings. The topological polar surface area (TPSA) is 52.7 Å². The molecule has 0 saturated carbocycles. The van der Waals surface area contributed by atoms with Gasteiger partial charge in [-0.3, -0.25) is 4.79 Å². The van der Waals surface area contributed by atoms with Gasteiger partial charge in [0.05, 0.1) is 10.6 Å². The van der Waals surface area contributed by atoms with Gasteiger partial charge < -0.3 is 15.1 Å². The molecule has 0 aliphatic carbocycles. The summed E-state index contributed by atoms with van der Waals surface area (Å²) in [5.74, 6) is 0.989. The lowest BCUT2D eigenvalue weighted by atomic mass is 10.0. The molecule has 2 saturated heterocycles. The zero-order valence-corrected chi connectivity index (χ0v) is 19.0. The van der Waals surface area contributed by atoms with Crippen molar-refractivity contribution in [1.29, 1.82) is 0 Å². The number of nitrogens with one attached hydrogen (secondary N) is 1. The first-order chi connectivity index (χ1) is 14.6. The zero-order chi connectivity index (χ0) is 21.0. The number of benzene rings is 2. The first-order valence-corrected chi connectivity index (χ1v) is 11.8. The average molecular weight is 486 g/mol. The lowest BCUT2D eigenvalue weighted by molar-refractivity contribution is -0.129. The molecular formula is C23H24BrN3O2S. The van der Waals surface area contributed by atoms with Crippen LogP contribution in [-0.4, -0.2) is 52.0 Å². The molecule has 4 rings (SSSR count). The lowest BCUT2D eigenvalue weighted by Gasteiger charge is -2.43. The fourth-order valence-corrected chi connectivity index (χ4v) is 5.82. The van der Waals surface area contributed by atoms with Crippen LogP contribution in [0.4, 0.5) is 10.5 Å². The van der Waals surface area contributed by atoms with Crippen molar-refractivity contribution >= 4 is 51.4 Å². The Kier molecular flexibility index (Phi) is 6.49. The Morgan fingerprint density at radius 3 is 2.43 bits per heavy atom. The van der Waals surface area contributed by atoms with E-state index in [1.807, 2.05) is 82.2 Å². The number of thioether (sulfide) groups is 1. The normalized spacial score (nSPS) is 18.2. The fourth-order valence-electron chi connectivity index (χ4n) is 3.97. The van der Waals surface area contributed by atoms with Crippen molar-refractivity contribution in [3.05, 3.63) is 70.7 Å². The number of urea groups is 1. The summed E-state index contributed by atoms with van der Waals surface area (Å²) >= 11 is 5.31. The second-order valence-electron chi connectivity index (χ2n) is 7.43. The van der Waals surface area contributed by atoms with Gasteiger partial charge in [-0.2, -0.15) is 0 Å². The molecule has 7 heteroatoms. The Bertz CT molecular complexity index is 942. The van der Waals surface area contributed by atoms with Crippen molar-refractivity contribution in [2.45, 2.75) is 17.7 Å². The quantitative estimate of drug-likeness (QED) is 0.617. The first kappa shape index (κ1) is 21.0. The molecule has 3 amide bonds. The van der Waals surface area contributed by atoms with Crippen LogP contribution in [0.2, 0.25) is 0 Å². The largest absolute Gasteiger partial charge is 0.324 e. The van der Waals surface area contributed by atoms with Crippen LogP contribution in [0.5, 0.6) is 0 Å². The molecule has 0 unspecified atom stereocenters. The maximum atomic E-state index is 12.9. The Hall–Kier alpha value is -2.25. The zero-order valence-electron chi connectivity index (χ0n) is 16.6. The van der Waals surface area contributed by atoms with Gasteiger partial charge in [0, 0.05) is 35.9 Å². The molecule has 2 heterocycles. The minimum Gasteiger partial charge on any atom is -0.324 e. The van der Waals surface area contributed by atoms with E-state index in [2.05, 4.69) is 21.2 Å². The predicted molar refractivity (Wildman–Crippen MR) is 126 cm³/mol. The average Bonchev–Trinajstić information content (AvgIpc) is 3.18. The minimum atomic E-state index is -0.206. The van der Waals surface area contributed by atoms with E-state index in [1.54, 1.807) is 6.08 Å². The summed E-state index contributed by atoms with van der Waals surface area (Å²) in [4.78, 5) is 29.2. The van der Waals surface area contributed by atoms with Gasteiger partial charge >= 0.3 is 6.03 Å². The summed E-state index contributed by atoms with van der Waals surface area (Å²) in [6.07, 6.45) is 5.12. The summed E-state index contributed by atoms with van der Waals surface area (Å²) in [7, 11) is 0. The second kappa shape index (κ2) is 9.27. The first-order valence-electron chi connectivity index (χ1n) is 10.1. The molecule has 2 aromatic rings. The molecule has 5 nitrogen and oxygen atoms in total. The number of hydrogen-bond acceptors (Lipinski definition) is 3. The van der Waals surface area contributed by atoms with Crippen LogP contribution in [0, 0.1) is 0 Å². The van der Waals surface area contributed by atoms with Gasteiger partial charge in [0.15, 0.2) is 0 Å². The van der Waals surface area contributed by atoms with E-state index in [-0.39, 0.29) is 16.8 Å². The van der Waals surface area contributed by atoms with E-state index in [0.29, 0.717) is 13.1 Å². The molecule has 2 aliphatic heterocycles. The highest BCUT2D eigenvalue weighted by atomic mass is 79.9. The van der Waals surface area contributed by atoms with E-state index < -0.39 is 0 Å². The van der Waals surface area contributed by atoms with Crippen molar-refractivity contribution in [3.63, 3.8) is 0 Å². The number of amides is 3. The number of rotatable bonds is 3. The number of likely N-dealkylation sites (tertiary alicyclic amines) is 1. The van der Waals surface area contributed by atoms with E-state index in [9.17, 15) is 9.59 Å². The highest BCUT2D eigenvalue weighted by Gasteiger charge is 2.46. The third kappa shape index (κ3) is 4.57. The number of para-hydroxylation sites is 1. The maximum Gasteiger partial charge on any atom is 0.321 e. The molecule has 0 bridgehead atoms. The van der Waals surface area contributed by atoms with Crippen LogP contribution in [0.1, 0.15) is 18.4 Å². The van der Waals surface area contributed by atoms with Gasteiger partial charge in [-0.15, -0.1) is 11.8 Å². The van der Waals surface area contributed by atoms with Crippen LogP contribution < -0.4 is 5.32 Å². The number of piperidine rings is 1. The van der Waals surface area contributed by atoms with E-state index in [4.69, 9.17) is 0 Å². The third-order valence-corrected chi connectivity index (χ3v) is 7.85. The maximum absolute atomic E-state index is 12.9. The fraction of sp³-hybridized carbons (Fsp3) is 0.304. The number of hydrogen-bond donors (Lipinski definition) is 1. The van der Waals surface area contributed by atoms with Crippen molar-refractivity contribution in [2.24, 2.45) is 0 Å². The number of nitrogens with zero attached hydrogens (tertiary/aromatic N) is 2. The number of carbonyl (C=O) groups is 2. The summed E-state index contributed by atoms with van der Waals surface area (Å²) in [6, 6.07) is 17.4. The van der Waals surface area contributed by atoms with E-state index >= 15 is 0 Å². The molecule has 0 atom stereocenters. The van der Waals surface area contributed by atoms with Crippen LogP contribution in [0.25, 0.3) is 6.08 Å². The van der Waals surface area contributed by atoms with E-state index in [0.717, 1.165) is 40.9 Å². The monoisotopic (exact) mass is 485 g/mol. The van der Waals surface area contributed by atoms with Gasteiger partial charge in [-0.05, 0) is 52.5 Å². The Labute approximate surface area is 189 Å². The SMILES string of the molecule is O=C(Nc1ccccc1Br)N1CCC2(CC1)SCCN2C(=O)/C=C/c1ccccc1. The van der Waals surface area contributed by atoms with Gasteiger partial charge in [0.1, 0.15) is 0 Å². The predicted octanol–water partition coefficient (Wildman–Crippen LogP) is 5.06. The summed E-state index contributed by atoms with van der Waals surface area (Å²) in [6.45, 7) is 2.02. The molecule has 1 spiro atoms. The highest BCUT2D eigenvalue weighted by molar-refractivity contribution is 9.10. The smallest absolute Gasteiger partial charge is 0.321 e. The molecule has 0 radical (unpaired) electrons. The molecule has 156 valence electrons. The molecule has 0 aromatic heterocycles. The second-order valence-corrected chi connectivity index (χ2v) is 9.74. The van der Waals surface area contributed by atoms with Gasteiger partial charge in [0.25, 0.3) is 0 Å². The molecule has 2 aromatic carbocycles. The number of carbonyl (C=O) groups excluding carboxylic acids is 2. The molecule has 2 fully saturated rings. The van der Waals surface area contributed by atoms with Crippen LogP contribution >= 0.6 is 27.7 Å². The summed E-state index contributed by atoms with van der Waals surface area (Å²) in [5.41, 5.74) is 1.78. The number of anilines is 1. The Balaban J connectivity index is 1.37. The van der Waals surface area contributed by atoms with Gasteiger partial charge in [-0.1, -0.05) is 42.5 Å². The lowest BCUT2D eigenvalue weighted by Crippen LogP contribution is -2.54. The standard InChI is InChI=1S/C23H24BrN3O2S/c24-19-8-4-5-9-20(19)25-22(29)26-14-12-23(13-15-26)27(16-17-30-23)21(28)11-10-18-6-2-1-3-7-18/h1-11H,12-17H2,(H,25,29)/b11-10+. The van der Waals surface area contributed by atoms with Crippen molar-refractivity contribution in [3.8, 4) is 0 Å². The summed E-state index contributed by atoms with van der Waals surface area (Å²) < 4.78 is 0.861. The molecule has 30 heavy (non-hydrogen) atoms. The Morgan fingerprint density at radius 1 is 1.00 bits per heavy atom. The minimum absolute atomic E-state index is 0.0509. The van der Waals surface area contributed by atoms with Gasteiger partial charge in [-0.25, -0.2) is 4.79 Å². The summed E-state index contributed by atoms with van der Waals surface area (Å²) in [5, 5.41) is 2.97. The Morgan fingerprint density at radius 2 is 1.70 bits per heavy atom. The molecule has 1 N–H and O–H groups in total. The number of halogens is 1. The highest BCUT2D eigenvalue weighted by Crippen LogP contribution is 2.44. The van der Waals surface area contributed by atoms with E-state index in [1.165, 1.54) is 0 Å².